The summed E-state index contributed by atoms with van der Waals surface area (Å²) in [5.74, 6) is -1.87. The summed E-state index contributed by atoms with van der Waals surface area (Å²) in [6.07, 6.45) is 1.45. The lowest BCUT2D eigenvalue weighted by Crippen LogP contribution is -2.28. The molecule has 9 heteroatoms. The number of carbonyl (C=O) groups is 4. The minimum atomic E-state index is -0.578. The molecular weight excluding hydrogens is 402 g/mol. The fraction of sp³-hybridized carbons (Fsp3) is 0.318. The summed E-state index contributed by atoms with van der Waals surface area (Å²) in [5, 5.41) is 2.65. The zero-order valence-corrected chi connectivity index (χ0v) is 17.3. The lowest BCUT2D eigenvalue weighted by Gasteiger charge is -2.17. The Morgan fingerprint density at radius 3 is 2.32 bits per heavy atom. The molecule has 1 aliphatic heterocycles. The summed E-state index contributed by atoms with van der Waals surface area (Å²) in [6, 6.07) is 9.38. The van der Waals surface area contributed by atoms with Gasteiger partial charge >= 0.3 is 11.9 Å². The molecular formula is C22H23N3O6. The molecule has 0 bridgehead atoms. The molecule has 1 N–H and O–H groups in total. The highest BCUT2D eigenvalue weighted by Gasteiger charge is 2.35. The van der Waals surface area contributed by atoms with Gasteiger partial charge in [0.2, 0.25) is 11.8 Å². The first-order valence-electron chi connectivity index (χ1n) is 9.94. The van der Waals surface area contributed by atoms with Crippen LogP contribution in [0.15, 0.2) is 42.6 Å². The number of ether oxygens (including phenoxy) is 2. The minimum absolute atomic E-state index is 0.0447. The van der Waals surface area contributed by atoms with E-state index in [0.717, 1.165) is 0 Å². The van der Waals surface area contributed by atoms with Gasteiger partial charge in [-0.15, -0.1) is 0 Å². The van der Waals surface area contributed by atoms with Gasteiger partial charge in [-0.2, -0.15) is 0 Å². The third-order valence-electron chi connectivity index (χ3n) is 4.71. The highest BCUT2D eigenvalue weighted by molar-refractivity contribution is 6.03. The summed E-state index contributed by atoms with van der Waals surface area (Å²) < 4.78 is 9.89. The number of nitrogens with zero attached hydrogens (tertiary/aromatic N) is 2. The van der Waals surface area contributed by atoms with Crippen molar-refractivity contribution >= 4 is 35.3 Å². The van der Waals surface area contributed by atoms with Gasteiger partial charge in [0.15, 0.2) is 0 Å². The van der Waals surface area contributed by atoms with Crippen molar-refractivity contribution in [2.75, 3.05) is 30.0 Å². The van der Waals surface area contributed by atoms with E-state index in [9.17, 15) is 19.2 Å². The highest BCUT2D eigenvalue weighted by atomic mass is 16.5. The SMILES string of the molecule is CCOC(=O)c1ccc(N2CC(C(=O)Nc3cc(C(=O)OCC)ccn3)CC2=O)cc1. The molecule has 0 spiro atoms. The molecule has 1 saturated heterocycles. The van der Waals surface area contributed by atoms with E-state index in [0.29, 0.717) is 11.3 Å². The number of amides is 2. The van der Waals surface area contributed by atoms with Crippen molar-refractivity contribution < 1.29 is 28.7 Å². The Hall–Kier alpha value is -3.75. The second-order valence-electron chi connectivity index (χ2n) is 6.81. The summed E-state index contributed by atoms with van der Waals surface area (Å²) in [6.45, 7) is 4.14. The fourth-order valence-corrected chi connectivity index (χ4v) is 3.19. The van der Waals surface area contributed by atoms with Crippen LogP contribution in [-0.2, 0) is 19.1 Å². The highest BCUT2D eigenvalue weighted by Crippen LogP contribution is 2.26. The predicted molar refractivity (Wildman–Crippen MR) is 112 cm³/mol. The molecule has 0 aliphatic carbocycles. The Morgan fingerprint density at radius 1 is 1.03 bits per heavy atom. The lowest BCUT2D eigenvalue weighted by atomic mass is 10.1. The topological polar surface area (TPSA) is 115 Å². The van der Waals surface area contributed by atoms with Crippen molar-refractivity contribution in [1.29, 1.82) is 0 Å². The summed E-state index contributed by atoms with van der Waals surface area (Å²) in [4.78, 5) is 54.3. The monoisotopic (exact) mass is 425 g/mol. The Morgan fingerprint density at radius 2 is 1.68 bits per heavy atom. The van der Waals surface area contributed by atoms with Gasteiger partial charge in [0, 0.05) is 24.8 Å². The Kier molecular flexibility index (Phi) is 6.96. The first kappa shape index (κ1) is 21.9. The molecule has 31 heavy (non-hydrogen) atoms. The molecule has 2 heterocycles. The average Bonchev–Trinajstić information content (AvgIpc) is 3.16. The van der Waals surface area contributed by atoms with Crippen LogP contribution in [0.1, 0.15) is 41.0 Å². The Bertz CT molecular complexity index is 989. The molecule has 0 saturated carbocycles. The third kappa shape index (κ3) is 5.25. The number of nitrogens with one attached hydrogen (secondary N) is 1. The van der Waals surface area contributed by atoms with E-state index in [1.54, 1.807) is 38.1 Å². The van der Waals surface area contributed by atoms with Gasteiger partial charge in [0.25, 0.3) is 0 Å². The van der Waals surface area contributed by atoms with Gasteiger partial charge < -0.3 is 19.7 Å². The number of esters is 2. The van der Waals surface area contributed by atoms with Crippen LogP contribution >= 0.6 is 0 Å². The number of hydrogen-bond acceptors (Lipinski definition) is 7. The second-order valence-corrected chi connectivity index (χ2v) is 6.81. The van der Waals surface area contributed by atoms with Crippen molar-refractivity contribution in [2.45, 2.75) is 20.3 Å². The standard InChI is InChI=1S/C22H23N3O6/c1-3-30-21(28)14-5-7-17(8-6-14)25-13-16(12-19(25)26)20(27)24-18-11-15(9-10-23-18)22(29)31-4-2/h5-11,16H,3-4,12-13H2,1-2H3,(H,23,24,27). The van der Waals surface area contributed by atoms with Crippen molar-refractivity contribution in [3.05, 3.63) is 53.7 Å². The van der Waals surface area contributed by atoms with Crippen LogP contribution in [0.5, 0.6) is 0 Å². The van der Waals surface area contributed by atoms with Crippen LogP contribution in [-0.4, -0.2) is 48.5 Å². The number of aromatic nitrogens is 1. The Labute approximate surface area is 179 Å². The van der Waals surface area contributed by atoms with E-state index < -0.39 is 17.9 Å². The summed E-state index contributed by atoms with van der Waals surface area (Å²) in [7, 11) is 0. The molecule has 162 valence electrons. The Balaban J connectivity index is 1.65. The predicted octanol–water partition coefficient (Wildman–Crippen LogP) is 2.43. The lowest BCUT2D eigenvalue weighted by molar-refractivity contribution is -0.122. The molecule has 2 amide bonds. The molecule has 1 aromatic carbocycles. The van der Waals surface area contributed by atoms with E-state index in [4.69, 9.17) is 9.47 Å². The van der Waals surface area contributed by atoms with Crippen molar-refractivity contribution in [3.63, 3.8) is 0 Å². The smallest absolute Gasteiger partial charge is 0.338 e. The zero-order valence-electron chi connectivity index (χ0n) is 17.3. The average molecular weight is 425 g/mol. The summed E-state index contributed by atoms with van der Waals surface area (Å²) >= 11 is 0. The molecule has 0 radical (unpaired) electrons. The minimum Gasteiger partial charge on any atom is -0.462 e. The largest absolute Gasteiger partial charge is 0.462 e. The van der Waals surface area contributed by atoms with Gasteiger partial charge in [-0.1, -0.05) is 0 Å². The number of hydrogen-bond donors (Lipinski definition) is 1. The van der Waals surface area contributed by atoms with Crippen LogP contribution < -0.4 is 10.2 Å². The number of anilines is 2. The van der Waals surface area contributed by atoms with E-state index in [2.05, 4.69) is 10.3 Å². The van der Waals surface area contributed by atoms with E-state index in [1.165, 1.54) is 23.2 Å². The van der Waals surface area contributed by atoms with Gasteiger partial charge in [-0.25, -0.2) is 14.6 Å². The number of benzene rings is 1. The van der Waals surface area contributed by atoms with E-state index >= 15 is 0 Å². The van der Waals surface area contributed by atoms with Crippen molar-refractivity contribution in [2.24, 2.45) is 5.92 Å². The van der Waals surface area contributed by atoms with Crippen LogP contribution in [0.3, 0.4) is 0 Å². The van der Waals surface area contributed by atoms with Gasteiger partial charge in [0.1, 0.15) is 5.82 Å². The fourth-order valence-electron chi connectivity index (χ4n) is 3.19. The van der Waals surface area contributed by atoms with E-state index in [-0.39, 0.29) is 49.4 Å². The van der Waals surface area contributed by atoms with Crippen LogP contribution in [0, 0.1) is 5.92 Å². The number of rotatable bonds is 7. The van der Waals surface area contributed by atoms with Crippen molar-refractivity contribution in [3.8, 4) is 0 Å². The molecule has 1 fully saturated rings. The molecule has 2 aromatic rings. The van der Waals surface area contributed by atoms with Gasteiger partial charge in [-0.05, 0) is 50.2 Å². The van der Waals surface area contributed by atoms with Gasteiger partial charge in [0.05, 0.1) is 30.3 Å². The maximum absolute atomic E-state index is 12.7. The zero-order chi connectivity index (χ0) is 22.4. The maximum Gasteiger partial charge on any atom is 0.338 e. The summed E-state index contributed by atoms with van der Waals surface area (Å²) in [5.41, 5.74) is 1.26. The number of pyridine rings is 1. The maximum atomic E-state index is 12.7. The van der Waals surface area contributed by atoms with Crippen LogP contribution in [0.25, 0.3) is 0 Å². The quantitative estimate of drug-likeness (QED) is 0.678. The molecule has 9 nitrogen and oxygen atoms in total. The third-order valence-corrected chi connectivity index (χ3v) is 4.71. The molecule has 1 aromatic heterocycles. The molecule has 1 atom stereocenters. The van der Waals surface area contributed by atoms with Crippen molar-refractivity contribution in [1.82, 2.24) is 4.98 Å². The first-order chi connectivity index (χ1) is 14.9. The van der Waals surface area contributed by atoms with Crippen LogP contribution in [0.4, 0.5) is 11.5 Å². The van der Waals surface area contributed by atoms with Crippen LogP contribution in [0.2, 0.25) is 0 Å². The second kappa shape index (κ2) is 9.84. The molecule has 3 rings (SSSR count). The van der Waals surface area contributed by atoms with Gasteiger partial charge in [-0.3, -0.25) is 9.59 Å². The molecule has 1 aliphatic rings. The molecule has 1 unspecified atom stereocenters. The normalized spacial score (nSPS) is 15.5. The number of carbonyl (C=O) groups excluding carboxylic acids is 4. The van der Waals surface area contributed by atoms with E-state index in [1.807, 2.05) is 0 Å². The first-order valence-corrected chi connectivity index (χ1v) is 9.94.